The van der Waals surface area contributed by atoms with Crippen molar-refractivity contribution in [2.24, 2.45) is 11.8 Å². The van der Waals surface area contributed by atoms with Gasteiger partial charge in [0, 0.05) is 12.7 Å². The smallest absolute Gasteiger partial charge is 0.224 e. The van der Waals surface area contributed by atoms with Crippen LogP contribution in [-0.4, -0.2) is 16.5 Å². The van der Waals surface area contributed by atoms with Crippen molar-refractivity contribution in [3.63, 3.8) is 0 Å². The van der Waals surface area contributed by atoms with E-state index in [0.717, 1.165) is 6.54 Å². The first-order valence-electron chi connectivity index (χ1n) is 4.92. The number of nitrogens with one attached hydrogen (secondary N) is 1. The first-order valence-corrected chi connectivity index (χ1v) is 4.92. The molecule has 0 bridgehead atoms. The molecule has 0 saturated carbocycles. The van der Waals surface area contributed by atoms with Gasteiger partial charge in [-0.2, -0.15) is 4.98 Å². The van der Waals surface area contributed by atoms with E-state index in [1.807, 2.05) is 0 Å². The molecule has 4 nitrogen and oxygen atoms in total. The van der Waals surface area contributed by atoms with Gasteiger partial charge in [0.05, 0.1) is 0 Å². The molecular formula is C10H18N4. The lowest BCUT2D eigenvalue weighted by Gasteiger charge is -2.15. The van der Waals surface area contributed by atoms with Crippen molar-refractivity contribution in [1.82, 2.24) is 9.97 Å². The number of anilines is 2. The molecule has 1 atom stereocenters. The van der Waals surface area contributed by atoms with Crippen molar-refractivity contribution in [2.45, 2.75) is 20.8 Å². The summed E-state index contributed by atoms with van der Waals surface area (Å²) in [5.41, 5.74) is 5.53. The zero-order chi connectivity index (χ0) is 10.6. The van der Waals surface area contributed by atoms with Crippen molar-refractivity contribution >= 4 is 11.8 Å². The van der Waals surface area contributed by atoms with E-state index in [-0.39, 0.29) is 0 Å². The highest BCUT2D eigenvalue weighted by Crippen LogP contribution is 2.10. The zero-order valence-electron chi connectivity index (χ0n) is 8.99. The highest BCUT2D eigenvalue weighted by atomic mass is 15.1. The Labute approximate surface area is 85.0 Å². The molecule has 0 aliphatic rings. The molecule has 3 N–H and O–H groups in total. The topological polar surface area (TPSA) is 63.8 Å². The first-order chi connectivity index (χ1) is 6.59. The molecule has 0 aliphatic carbocycles. The van der Waals surface area contributed by atoms with Gasteiger partial charge in [0.15, 0.2) is 0 Å². The van der Waals surface area contributed by atoms with Gasteiger partial charge in [0.2, 0.25) is 5.95 Å². The molecule has 0 spiro atoms. The zero-order valence-corrected chi connectivity index (χ0v) is 8.99. The number of nitrogen functional groups attached to an aromatic ring is 1. The van der Waals surface area contributed by atoms with Crippen LogP contribution in [-0.2, 0) is 0 Å². The fourth-order valence-corrected chi connectivity index (χ4v) is 0.946. The minimum absolute atomic E-state index is 0.500. The van der Waals surface area contributed by atoms with Crippen molar-refractivity contribution in [2.75, 3.05) is 17.6 Å². The number of hydrogen-bond acceptors (Lipinski definition) is 4. The number of hydrogen-bond donors (Lipinski definition) is 2. The highest BCUT2D eigenvalue weighted by Gasteiger charge is 2.06. The number of rotatable bonds is 4. The molecule has 14 heavy (non-hydrogen) atoms. The van der Waals surface area contributed by atoms with Crippen LogP contribution in [0.25, 0.3) is 0 Å². The number of aromatic nitrogens is 2. The lowest BCUT2D eigenvalue weighted by molar-refractivity contribution is 0.439. The third-order valence-electron chi connectivity index (χ3n) is 2.40. The van der Waals surface area contributed by atoms with Crippen LogP contribution >= 0.6 is 0 Å². The van der Waals surface area contributed by atoms with E-state index < -0.39 is 0 Å². The minimum atomic E-state index is 0.500. The predicted molar refractivity (Wildman–Crippen MR) is 58.9 cm³/mol. The van der Waals surface area contributed by atoms with Gasteiger partial charge < -0.3 is 11.1 Å². The minimum Gasteiger partial charge on any atom is -0.384 e. The molecule has 4 heteroatoms. The average Bonchev–Trinajstić information content (AvgIpc) is 2.14. The molecule has 1 heterocycles. The largest absolute Gasteiger partial charge is 0.384 e. The fourth-order valence-electron chi connectivity index (χ4n) is 0.946. The standard InChI is InChI=1S/C10H18N4/c1-7(2)8(3)6-13-10-12-5-4-9(11)14-10/h4-5,7-8H,6H2,1-3H3,(H3,11,12,13,14). The fraction of sp³-hybridized carbons (Fsp3) is 0.600. The third kappa shape index (κ3) is 3.20. The molecule has 0 aromatic carbocycles. The van der Waals surface area contributed by atoms with Crippen LogP contribution < -0.4 is 11.1 Å². The molecular weight excluding hydrogens is 176 g/mol. The molecule has 78 valence electrons. The third-order valence-corrected chi connectivity index (χ3v) is 2.40. The number of nitrogens with zero attached hydrogens (tertiary/aromatic N) is 2. The SMILES string of the molecule is CC(C)C(C)CNc1nccc(N)n1. The van der Waals surface area contributed by atoms with Crippen LogP contribution in [0.2, 0.25) is 0 Å². The molecule has 1 aromatic heterocycles. The van der Waals surface area contributed by atoms with Crippen molar-refractivity contribution < 1.29 is 0 Å². The molecule has 0 saturated heterocycles. The quantitative estimate of drug-likeness (QED) is 0.766. The van der Waals surface area contributed by atoms with Gasteiger partial charge in [0.25, 0.3) is 0 Å². The summed E-state index contributed by atoms with van der Waals surface area (Å²) in [6.45, 7) is 7.48. The Balaban J connectivity index is 2.45. The summed E-state index contributed by atoms with van der Waals surface area (Å²) in [7, 11) is 0. The van der Waals surface area contributed by atoms with Crippen LogP contribution in [0.3, 0.4) is 0 Å². The second-order valence-electron chi connectivity index (χ2n) is 3.91. The van der Waals surface area contributed by atoms with Gasteiger partial charge in [-0.15, -0.1) is 0 Å². The van der Waals surface area contributed by atoms with Gasteiger partial charge >= 0.3 is 0 Å². The summed E-state index contributed by atoms with van der Waals surface area (Å²) >= 11 is 0. The molecule has 0 fully saturated rings. The van der Waals surface area contributed by atoms with Crippen LogP contribution in [0.4, 0.5) is 11.8 Å². The lowest BCUT2D eigenvalue weighted by Crippen LogP contribution is -2.17. The van der Waals surface area contributed by atoms with Crippen LogP contribution in [0, 0.1) is 11.8 Å². The van der Waals surface area contributed by atoms with E-state index in [9.17, 15) is 0 Å². The van der Waals surface area contributed by atoms with Crippen molar-refractivity contribution in [1.29, 1.82) is 0 Å². The van der Waals surface area contributed by atoms with Gasteiger partial charge in [-0.1, -0.05) is 20.8 Å². The molecule has 0 radical (unpaired) electrons. The molecule has 0 aliphatic heterocycles. The normalized spacial score (nSPS) is 12.9. The van der Waals surface area contributed by atoms with E-state index in [0.29, 0.717) is 23.6 Å². The predicted octanol–water partition coefficient (Wildman–Crippen LogP) is 1.76. The Morgan fingerprint density at radius 1 is 1.43 bits per heavy atom. The Bertz CT molecular complexity index is 285. The summed E-state index contributed by atoms with van der Waals surface area (Å²) in [4.78, 5) is 8.13. The molecule has 1 unspecified atom stereocenters. The van der Waals surface area contributed by atoms with Crippen molar-refractivity contribution in [3.8, 4) is 0 Å². The van der Waals surface area contributed by atoms with Gasteiger partial charge in [0.1, 0.15) is 5.82 Å². The Morgan fingerprint density at radius 2 is 2.14 bits per heavy atom. The molecule has 1 rings (SSSR count). The summed E-state index contributed by atoms with van der Waals surface area (Å²) < 4.78 is 0. The molecule has 0 amide bonds. The van der Waals surface area contributed by atoms with Gasteiger partial charge in [-0.25, -0.2) is 4.98 Å². The summed E-state index contributed by atoms with van der Waals surface area (Å²) in [6, 6.07) is 1.68. The second-order valence-corrected chi connectivity index (χ2v) is 3.91. The Morgan fingerprint density at radius 3 is 2.71 bits per heavy atom. The van der Waals surface area contributed by atoms with Crippen LogP contribution in [0.5, 0.6) is 0 Å². The van der Waals surface area contributed by atoms with Crippen molar-refractivity contribution in [3.05, 3.63) is 12.3 Å². The second kappa shape index (κ2) is 4.79. The van der Waals surface area contributed by atoms with Gasteiger partial charge in [-0.05, 0) is 17.9 Å². The van der Waals surface area contributed by atoms with Crippen LogP contribution in [0.1, 0.15) is 20.8 Å². The van der Waals surface area contributed by atoms with Crippen LogP contribution in [0.15, 0.2) is 12.3 Å². The summed E-state index contributed by atoms with van der Waals surface area (Å²) in [5, 5.41) is 3.16. The molecule has 1 aromatic rings. The first kappa shape index (κ1) is 10.8. The van der Waals surface area contributed by atoms with E-state index >= 15 is 0 Å². The van der Waals surface area contributed by atoms with E-state index in [1.54, 1.807) is 12.3 Å². The average molecular weight is 194 g/mol. The summed E-state index contributed by atoms with van der Waals surface area (Å²) in [5.74, 6) is 2.36. The lowest BCUT2D eigenvalue weighted by atomic mass is 9.98. The van der Waals surface area contributed by atoms with E-state index in [1.165, 1.54) is 0 Å². The van der Waals surface area contributed by atoms with Gasteiger partial charge in [-0.3, -0.25) is 0 Å². The monoisotopic (exact) mass is 194 g/mol. The maximum Gasteiger partial charge on any atom is 0.224 e. The maximum atomic E-state index is 5.53. The van der Waals surface area contributed by atoms with E-state index in [2.05, 4.69) is 36.1 Å². The maximum absolute atomic E-state index is 5.53. The summed E-state index contributed by atoms with van der Waals surface area (Å²) in [6.07, 6.45) is 1.66. The van der Waals surface area contributed by atoms with E-state index in [4.69, 9.17) is 5.73 Å². The Hall–Kier alpha value is -1.32. The Kier molecular flexibility index (Phi) is 3.68. The highest BCUT2D eigenvalue weighted by molar-refractivity contribution is 5.34. The number of nitrogens with two attached hydrogens (primary N) is 1.